The average Bonchev–Trinajstić information content (AvgIpc) is 2.48. The second kappa shape index (κ2) is 6.62. The number of halogens is 1. The van der Waals surface area contributed by atoms with Crippen LogP contribution >= 0.6 is 11.6 Å². The number of carboxylic acids is 1. The molecule has 2 aromatic rings. The van der Waals surface area contributed by atoms with E-state index in [1.165, 1.54) is 23.0 Å². The second-order valence-electron chi connectivity index (χ2n) is 5.07. The summed E-state index contributed by atoms with van der Waals surface area (Å²) in [5, 5.41) is 16.0. The van der Waals surface area contributed by atoms with Crippen LogP contribution in [0.1, 0.15) is 35.8 Å². The van der Waals surface area contributed by atoms with Gasteiger partial charge in [0.1, 0.15) is 5.02 Å². The summed E-state index contributed by atoms with van der Waals surface area (Å²) in [6.45, 7) is 4.11. The van der Waals surface area contributed by atoms with Gasteiger partial charge in [0.15, 0.2) is 0 Å². The Morgan fingerprint density at radius 1 is 1.36 bits per heavy atom. The first-order valence-corrected chi connectivity index (χ1v) is 7.11. The normalized spacial score (nSPS) is 10.7. The highest BCUT2D eigenvalue weighted by Gasteiger charge is 2.11. The van der Waals surface area contributed by atoms with Crippen LogP contribution in [-0.4, -0.2) is 20.9 Å². The summed E-state index contributed by atoms with van der Waals surface area (Å²) in [5.41, 5.74) is 1.20. The molecule has 0 aliphatic carbocycles. The zero-order valence-electron chi connectivity index (χ0n) is 12.2. The standard InChI is InChI=1S/C15H16ClN3O3/c1-9(2)19-14(20)13(16)12(8-18-19)17-7-10-3-5-11(6-4-10)15(21)22/h3-6,8-9,17H,7H2,1-2H3,(H,21,22). The van der Waals surface area contributed by atoms with E-state index in [1.807, 2.05) is 13.8 Å². The summed E-state index contributed by atoms with van der Waals surface area (Å²) >= 11 is 6.06. The molecule has 1 aromatic heterocycles. The molecule has 0 aliphatic rings. The third kappa shape index (κ3) is 3.46. The number of hydrogen-bond acceptors (Lipinski definition) is 4. The Bertz CT molecular complexity index is 739. The third-order valence-corrected chi connectivity index (χ3v) is 3.48. The van der Waals surface area contributed by atoms with Gasteiger partial charge in [0.2, 0.25) is 0 Å². The molecule has 0 amide bonds. The fraction of sp³-hybridized carbons (Fsp3) is 0.267. The Morgan fingerprint density at radius 3 is 2.55 bits per heavy atom. The van der Waals surface area contributed by atoms with E-state index in [0.29, 0.717) is 12.2 Å². The minimum atomic E-state index is -0.968. The number of anilines is 1. The van der Waals surface area contributed by atoms with Crippen molar-refractivity contribution in [2.24, 2.45) is 0 Å². The van der Waals surface area contributed by atoms with Gasteiger partial charge in [-0.15, -0.1) is 0 Å². The maximum absolute atomic E-state index is 12.0. The van der Waals surface area contributed by atoms with E-state index < -0.39 is 5.97 Å². The van der Waals surface area contributed by atoms with Gasteiger partial charge in [-0.1, -0.05) is 23.7 Å². The topological polar surface area (TPSA) is 84.2 Å². The Morgan fingerprint density at radius 2 is 2.00 bits per heavy atom. The lowest BCUT2D eigenvalue weighted by molar-refractivity contribution is 0.0697. The minimum Gasteiger partial charge on any atom is -0.478 e. The molecule has 0 atom stereocenters. The van der Waals surface area contributed by atoms with Crippen LogP contribution in [0.3, 0.4) is 0 Å². The number of aromatic carboxylic acids is 1. The monoisotopic (exact) mass is 321 g/mol. The summed E-state index contributed by atoms with van der Waals surface area (Å²) < 4.78 is 1.31. The molecule has 7 heteroatoms. The quantitative estimate of drug-likeness (QED) is 0.884. The first-order chi connectivity index (χ1) is 10.4. The zero-order valence-corrected chi connectivity index (χ0v) is 13.0. The van der Waals surface area contributed by atoms with Crippen LogP contribution in [-0.2, 0) is 6.54 Å². The van der Waals surface area contributed by atoms with E-state index in [2.05, 4.69) is 10.4 Å². The molecule has 116 valence electrons. The molecule has 0 aliphatic heterocycles. The van der Waals surface area contributed by atoms with Gasteiger partial charge in [-0.2, -0.15) is 5.10 Å². The molecule has 6 nitrogen and oxygen atoms in total. The van der Waals surface area contributed by atoms with Crippen LogP contribution in [0.25, 0.3) is 0 Å². The molecule has 1 heterocycles. The van der Waals surface area contributed by atoms with Crippen molar-refractivity contribution in [2.45, 2.75) is 26.4 Å². The van der Waals surface area contributed by atoms with Crippen molar-refractivity contribution >= 4 is 23.3 Å². The lowest BCUT2D eigenvalue weighted by Crippen LogP contribution is -2.25. The molecular formula is C15H16ClN3O3. The van der Waals surface area contributed by atoms with E-state index in [1.54, 1.807) is 12.1 Å². The van der Waals surface area contributed by atoms with Crippen molar-refractivity contribution in [1.82, 2.24) is 9.78 Å². The maximum atomic E-state index is 12.0. The molecule has 0 saturated heterocycles. The van der Waals surface area contributed by atoms with E-state index in [0.717, 1.165) is 5.56 Å². The molecule has 0 bridgehead atoms. The SMILES string of the molecule is CC(C)n1ncc(NCc2ccc(C(=O)O)cc2)c(Cl)c1=O. The third-order valence-electron chi connectivity index (χ3n) is 3.12. The summed E-state index contributed by atoms with van der Waals surface area (Å²) in [5.74, 6) is -0.968. The smallest absolute Gasteiger partial charge is 0.335 e. The van der Waals surface area contributed by atoms with Crippen molar-refractivity contribution in [3.05, 3.63) is 57.0 Å². The fourth-order valence-electron chi connectivity index (χ4n) is 1.90. The van der Waals surface area contributed by atoms with Gasteiger partial charge in [-0.3, -0.25) is 4.79 Å². The second-order valence-corrected chi connectivity index (χ2v) is 5.45. The van der Waals surface area contributed by atoms with Crippen molar-refractivity contribution < 1.29 is 9.90 Å². The van der Waals surface area contributed by atoms with E-state index >= 15 is 0 Å². The summed E-state index contributed by atoms with van der Waals surface area (Å²) in [4.78, 5) is 22.8. The molecular weight excluding hydrogens is 306 g/mol. The van der Waals surface area contributed by atoms with Gasteiger partial charge < -0.3 is 10.4 Å². The van der Waals surface area contributed by atoms with Crippen molar-refractivity contribution in [3.63, 3.8) is 0 Å². The molecule has 0 spiro atoms. The number of benzene rings is 1. The van der Waals surface area contributed by atoms with Gasteiger partial charge >= 0.3 is 5.97 Å². The zero-order chi connectivity index (χ0) is 16.3. The summed E-state index contributed by atoms with van der Waals surface area (Å²) in [7, 11) is 0. The predicted octanol–water partition coefficient (Wildman–Crippen LogP) is 2.79. The first kappa shape index (κ1) is 16.0. The average molecular weight is 322 g/mol. The van der Waals surface area contributed by atoms with Crippen molar-refractivity contribution in [1.29, 1.82) is 0 Å². The van der Waals surface area contributed by atoms with Crippen LogP contribution in [0.15, 0.2) is 35.3 Å². The highest BCUT2D eigenvalue weighted by Crippen LogP contribution is 2.17. The van der Waals surface area contributed by atoms with Crippen LogP contribution in [0.4, 0.5) is 5.69 Å². The Hall–Kier alpha value is -2.34. The Labute approximate surface area is 132 Å². The Balaban J connectivity index is 2.13. The highest BCUT2D eigenvalue weighted by atomic mass is 35.5. The molecule has 0 radical (unpaired) electrons. The minimum absolute atomic E-state index is 0.0670. The number of hydrogen-bond donors (Lipinski definition) is 2. The van der Waals surface area contributed by atoms with Gasteiger partial charge in [0, 0.05) is 6.54 Å². The summed E-state index contributed by atoms with van der Waals surface area (Å²) in [6, 6.07) is 6.38. The number of nitrogens with one attached hydrogen (secondary N) is 1. The van der Waals surface area contributed by atoms with Gasteiger partial charge in [0.25, 0.3) is 5.56 Å². The van der Waals surface area contributed by atoms with Crippen molar-refractivity contribution in [2.75, 3.05) is 5.32 Å². The fourth-order valence-corrected chi connectivity index (χ4v) is 2.10. The lowest BCUT2D eigenvalue weighted by atomic mass is 10.1. The van der Waals surface area contributed by atoms with E-state index in [4.69, 9.17) is 16.7 Å². The largest absolute Gasteiger partial charge is 0.478 e. The van der Waals surface area contributed by atoms with Crippen LogP contribution in [0, 0.1) is 0 Å². The maximum Gasteiger partial charge on any atom is 0.335 e. The van der Waals surface area contributed by atoms with Gasteiger partial charge in [0.05, 0.1) is 23.5 Å². The molecule has 2 N–H and O–H groups in total. The Kier molecular flexibility index (Phi) is 4.82. The number of aromatic nitrogens is 2. The van der Waals surface area contributed by atoms with Gasteiger partial charge in [-0.25, -0.2) is 9.48 Å². The molecule has 2 rings (SSSR count). The van der Waals surface area contributed by atoms with Crippen LogP contribution < -0.4 is 10.9 Å². The number of nitrogens with zero attached hydrogens (tertiary/aromatic N) is 2. The molecule has 0 fully saturated rings. The molecule has 1 aromatic carbocycles. The number of carbonyl (C=O) groups is 1. The molecule has 0 unspecified atom stereocenters. The highest BCUT2D eigenvalue weighted by molar-refractivity contribution is 6.32. The van der Waals surface area contributed by atoms with Crippen molar-refractivity contribution in [3.8, 4) is 0 Å². The predicted molar refractivity (Wildman–Crippen MR) is 84.6 cm³/mol. The summed E-state index contributed by atoms with van der Waals surface area (Å²) in [6.07, 6.45) is 1.51. The van der Waals surface area contributed by atoms with E-state index in [-0.39, 0.29) is 22.2 Å². The van der Waals surface area contributed by atoms with Gasteiger partial charge in [-0.05, 0) is 31.5 Å². The van der Waals surface area contributed by atoms with E-state index in [9.17, 15) is 9.59 Å². The number of rotatable bonds is 5. The van der Waals surface area contributed by atoms with Crippen LogP contribution in [0.2, 0.25) is 5.02 Å². The van der Waals surface area contributed by atoms with Crippen LogP contribution in [0.5, 0.6) is 0 Å². The first-order valence-electron chi connectivity index (χ1n) is 6.73. The number of carboxylic acid groups (broad SMARTS) is 1. The lowest BCUT2D eigenvalue weighted by Gasteiger charge is -2.12. The molecule has 0 saturated carbocycles. The molecule has 22 heavy (non-hydrogen) atoms.